The van der Waals surface area contributed by atoms with Gasteiger partial charge in [-0.3, -0.25) is 9.59 Å². The Balaban J connectivity index is 1.28. The van der Waals surface area contributed by atoms with Crippen LogP contribution >= 0.6 is 0 Å². The van der Waals surface area contributed by atoms with E-state index in [2.05, 4.69) is 28.3 Å². The third kappa shape index (κ3) is 5.44. The van der Waals surface area contributed by atoms with Crippen molar-refractivity contribution >= 4 is 17.5 Å². The number of amides is 2. The minimum absolute atomic E-state index is 0.0510. The maximum atomic E-state index is 12.9. The SMILES string of the molecule is C=C(N=c1ccc(Oc2cc(NC(=O)c3cccc(C4(C#N)CC4)c3)ccc2C)cn1N)NC(=O)C1CC1. The monoisotopic (exact) mass is 508 g/mol. The van der Waals surface area contributed by atoms with Crippen molar-refractivity contribution in [2.45, 2.75) is 38.0 Å². The Morgan fingerprint density at radius 3 is 2.66 bits per heavy atom. The van der Waals surface area contributed by atoms with Crippen molar-refractivity contribution in [2.75, 3.05) is 11.2 Å². The van der Waals surface area contributed by atoms with Crippen molar-refractivity contribution in [3.8, 4) is 17.6 Å². The highest BCUT2D eigenvalue weighted by Gasteiger charge is 2.45. The van der Waals surface area contributed by atoms with Gasteiger partial charge >= 0.3 is 0 Å². The van der Waals surface area contributed by atoms with Gasteiger partial charge in [-0.1, -0.05) is 24.8 Å². The Kier molecular flexibility index (Phi) is 6.47. The fourth-order valence-electron chi connectivity index (χ4n) is 4.07. The summed E-state index contributed by atoms with van der Waals surface area (Å²) in [6.07, 6.45) is 4.98. The first-order chi connectivity index (χ1) is 18.3. The van der Waals surface area contributed by atoms with Gasteiger partial charge in [0.25, 0.3) is 5.91 Å². The molecule has 5 rings (SSSR count). The number of aromatic nitrogens is 1. The molecule has 2 fully saturated rings. The summed E-state index contributed by atoms with van der Waals surface area (Å²) < 4.78 is 7.33. The molecule has 2 aromatic carbocycles. The van der Waals surface area contributed by atoms with Crippen LogP contribution in [0.4, 0.5) is 5.69 Å². The zero-order chi connectivity index (χ0) is 26.9. The van der Waals surface area contributed by atoms with Crippen molar-refractivity contribution in [3.63, 3.8) is 0 Å². The van der Waals surface area contributed by atoms with Crippen LogP contribution in [0.5, 0.6) is 11.5 Å². The number of benzene rings is 2. The minimum atomic E-state index is -0.457. The van der Waals surface area contributed by atoms with Gasteiger partial charge in [0, 0.05) is 23.2 Å². The van der Waals surface area contributed by atoms with Crippen LogP contribution in [0.3, 0.4) is 0 Å². The molecule has 1 heterocycles. The van der Waals surface area contributed by atoms with Gasteiger partial charge in [0.05, 0.1) is 17.7 Å². The first kappa shape index (κ1) is 24.8. The quantitative estimate of drug-likeness (QED) is 0.395. The number of aryl methyl sites for hydroxylation is 1. The third-order valence-electron chi connectivity index (χ3n) is 6.71. The highest BCUT2D eigenvalue weighted by Crippen LogP contribution is 2.47. The molecule has 192 valence electrons. The summed E-state index contributed by atoms with van der Waals surface area (Å²) >= 11 is 0. The van der Waals surface area contributed by atoms with Crippen LogP contribution in [-0.2, 0) is 10.2 Å². The third-order valence-corrected chi connectivity index (χ3v) is 6.71. The van der Waals surface area contributed by atoms with Gasteiger partial charge in [-0.25, -0.2) is 9.67 Å². The lowest BCUT2D eigenvalue weighted by Crippen LogP contribution is -2.29. The van der Waals surface area contributed by atoms with Gasteiger partial charge in [-0.2, -0.15) is 5.26 Å². The summed E-state index contributed by atoms with van der Waals surface area (Å²) in [7, 11) is 0. The lowest BCUT2D eigenvalue weighted by Gasteiger charge is -2.13. The van der Waals surface area contributed by atoms with Crippen molar-refractivity contribution in [3.05, 3.63) is 95.4 Å². The summed E-state index contributed by atoms with van der Waals surface area (Å²) in [5.74, 6) is 7.03. The topological polar surface area (TPSA) is 135 Å². The number of pyridine rings is 1. The number of nitrogens with two attached hydrogens (primary N) is 1. The second-order valence-corrected chi connectivity index (χ2v) is 9.76. The molecule has 2 aliphatic rings. The molecular formula is C29H28N6O3. The molecule has 2 aliphatic carbocycles. The second-order valence-electron chi connectivity index (χ2n) is 9.76. The maximum absolute atomic E-state index is 12.9. The first-order valence-corrected chi connectivity index (χ1v) is 12.4. The van der Waals surface area contributed by atoms with E-state index in [-0.39, 0.29) is 23.6 Å². The summed E-state index contributed by atoms with van der Waals surface area (Å²) in [5.41, 5.74) is 2.73. The van der Waals surface area contributed by atoms with E-state index in [0.717, 1.165) is 36.8 Å². The molecule has 4 N–H and O–H groups in total. The Bertz CT molecular complexity index is 1560. The molecule has 2 amide bonds. The number of nitrogens with zero attached hydrogens (tertiary/aromatic N) is 3. The zero-order valence-electron chi connectivity index (χ0n) is 21.0. The number of carbonyl (C=O) groups excluding carboxylic acids is 2. The smallest absolute Gasteiger partial charge is 0.255 e. The minimum Gasteiger partial charge on any atom is -0.455 e. The Morgan fingerprint density at radius 2 is 1.97 bits per heavy atom. The van der Waals surface area contributed by atoms with E-state index in [0.29, 0.717) is 28.2 Å². The second kappa shape index (κ2) is 9.90. The van der Waals surface area contributed by atoms with Crippen LogP contribution in [0.25, 0.3) is 0 Å². The van der Waals surface area contributed by atoms with Gasteiger partial charge in [-0.15, -0.1) is 0 Å². The number of carbonyl (C=O) groups is 2. The molecule has 0 aliphatic heterocycles. The van der Waals surface area contributed by atoms with E-state index in [1.807, 2.05) is 19.1 Å². The number of anilines is 1. The zero-order valence-corrected chi connectivity index (χ0v) is 21.0. The highest BCUT2D eigenvalue weighted by molar-refractivity contribution is 6.04. The summed E-state index contributed by atoms with van der Waals surface area (Å²) in [6, 6.07) is 18.3. The van der Waals surface area contributed by atoms with Crippen LogP contribution in [0.1, 0.15) is 47.2 Å². The predicted molar refractivity (Wildman–Crippen MR) is 142 cm³/mol. The molecule has 0 spiro atoms. The number of nitrogens with one attached hydrogen (secondary N) is 2. The number of hydrogen-bond donors (Lipinski definition) is 3. The van der Waals surface area contributed by atoms with Crippen LogP contribution in [0.2, 0.25) is 0 Å². The number of nitrogen functional groups attached to an aromatic ring is 1. The Hall–Kier alpha value is -4.84. The summed E-state index contributed by atoms with van der Waals surface area (Å²) in [5, 5.41) is 15.1. The maximum Gasteiger partial charge on any atom is 0.255 e. The van der Waals surface area contributed by atoms with Crippen molar-refractivity contribution in [1.29, 1.82) is 5.26 Å². The molecule has 3 aromatic rings. The Morgan fingerprint density at radius 1 is 1.18 bits per heavy atom. The van der Waals surface area contributed by atoms with E-state index in [1.165, 1.54) is 4.68 Å². The van der Waals surface area contributed by atoms with Gasteiger partial charge in [0.15, 0.2) is 5.49 Å². The van der Waals surface area contributed by atoms with Crippen LogP contribution in [0, 0.1) is 24.2 Å². The van der Waals surface area contributed by atoms with E-state index in [9.17, 15) is 14.9 Å². The Labute approximate surface area is 220 Å². The molecule has 0 bridgehead atoms. The predicted octanol–water partition coefficient (Wildman–Crippen LogP) is 4.01. The molecule has 0 saturated heterocycles. The molecule has 0 atom stereocenters. The molecular weight excluding hydrogens is 480 g/mol. The highest BCUT2D eigenvalue weighted by atomic mass is 16.5. The van der Waals surface area contributed by atoms with Crippen molar-refractivity contribution in [2.24, 2.45) is 10.9 Å². The molecule has 9 nitrogen and oxygen atoms in total. The van der Waals surface area contributed by atoms with E-state index in [4.69, 9.17) is 10.6 Å². The van der Waals surface area contributed by atoms with Crippen LogP contribution in [-0.4, -0.2) is 16.5 Å². The van der Waals surface area contributed by atoms with E-state index >= 15 is 0 Å². The van der Waals surface area contributed by atoms with Crippen molar-refractivity contribution in [1.82, 2.24) is 9.99 Å². The summed E-state index contributed by atoms with van der Waals surface area (Å²) in [6.45, 7) is 5.67. The van der Waals surface area contributed by atoms with Crippen molar-refractivity contribution < 1.29 is 14.3 Å². The number of rotatable bonds is 8. The van der Waals surface area contributed by atoms with Crippen LogP contribution < -0.4 is 26.7 Å². The standard InChI is InChI=1S/C29H28N6O3/c1-18-6-9-23(34-28(37)21-4-3-5-22(14-21)29(17-30)12-13-29)15-25(18)38-24-10-11-26(35(31)16-24)32-19(2)33-27(36)20-7-8-20/h3-6,9-11,14-16,20H,2,7-8,12-13,31H2,1H3,(H,33,36)(H,34,37). The van der Waals surface area contributed by atoms with Gasteiger partial charge in [0.2, 0.25) is 5.91 Å². The van der Waals surface area contributed by atoms with Gasteiger partial charge in [-0.05, 0) is 74.1 Å². The number of nitriles is 1. The van der Waals surface area contributed by atoms with E-state index in [1.54, 1.807) is 48.7 Å². The fourth-order valence-corrected chi connectivity index (χ4v) is 4.07. The molecule has 1 aromatic heterocycles. The average molecular weight is 509 g/mol. The lowest BCUT2D eigenvalue weighted by molar-refractivity contribution is -0.121. The summed E-state index contributed by atoms with van der Waals surface area (Å²) in [4.78, 5) is 29.1. The number of ether oxygens (including phenoxy) is 1. The largest absolute Gasteiger partial charge is 0.455 e. The molecule has 0 radical (unpaired) electrons. The molecule has 38 heavy (non-hydrogen) atoms. The van der Waals surface area contributed by atoms with Gasteiger partial charge < -0.3 is 21.2 Å². The van der Waals surface area contributed by atoms with Crippen LogP contribution in [0.15, 0.2) is 78.2 Å². The van der Waals surface area contributed by atoms with E-state index < -0.39 is 5.41 Å². The lowest BCUT2D eigenvalue weighted by atomic mass is 9.96. The van der Waals surface area contributed by atoms with Gasteiger partial charge in [0.1, 0.15) is 17.3 Å². The number of hydrogen-bond acceptors (Lipinski definition) is 6. The molecule has 2 saturated carbocycles. The first-order valence-electron chi connectivity index (χ1n) is 12.4. The molecule has 0 unspecified atom stereocenters. The normalized spacial score (nSPS) is 15.7. The fraction of sp³-hybridized carbons (Fsp3) is 0.241. The average Bonchev–Trinajstić information content (AvgIpc) is 3.82. The molecule has 9 heteroatoms.